The molecule has 0 saturated heterocycles. The van der Waals surface area contributed by atoms with E-state index in [1.807, 2.05) is 24.3 Å². The molecule has 30 heavy (non-hydrogen) atoms. The highest BCUT2D eigenvalue weighted by Gasteiger charge is 2.10. The second kappa shape index (κ2) is 7.67. The monoisotopic (exact) mass is 400 g/mol. The van der Waals surface area contributed by atoms with Crippen LogP contribution < -0.4 is 10.5 Å². The number of rotatable bonds is 2. The quantitative estimate of drug-likeness (QED) is 0.306. The molecule has 6 nitrogen and oxygen atoms in total. The maximum absolute atomic E-state index is 10.6. The van der Waals surface area contributed by atoms with Gasteiger partial charge in [0, 0.05) is 27.4 Å². The Labute approximate surface area is 172 Å². The first-order valence-electron chi connectivity index (χ1n) is 9.27. The third-order valence-corrected chi connectivity index (χ3v) is 4.94. The number of nitrogen functional groups attached to an aromatic ring is 1. The third kappa shape index (κ3) is 3.46. The maximum atomic E-state index is 10.6. The Hall–Kier alpha value is -4.19. The molecular formula is C24H20N2O4. The normalized spacial score (nSPS) is 10.7. The molecular weight excluding hydrogens is 380 g/mol. The second-order valence-corrected chi connectivity index (χ2v) is 6.83. The van der Waals surface area contributed by atoms with Gasteiger partial charge in [-0.2, -0.15) is 0 Å². The number of carboxylic acid groups (broad SMARTS) is 1. The molecule has 0 bridgehead atoms. The number of nitrogens with two attached hydrogens (primary N) is 1. The number of nitrogens with one attached hydrogen (secondary N) is 1. The summed E-state index contributed by atoms with van der Waals surface area (Å²) in [5, 5.41) is 22.9. The number of hydrogen-bond acceptors (Lipinski definition) is 4. The van der Waals surface area contributed by atoms with Crippen molar-refractivity contribution in [2.45, 2.75) is 0 Å². The van der Waals surface area contributed by atoms with E-state index in [0.29, 0.717) is 17.2 Å². The summed E-state index contributed by atoms with van der Waals surface area (Å²) in [7, 11) is 1.41. The molecule has 1 aromatic heterocycles. The molecule has 5 N–H and O–H groups in total. The van der Waals surface area contributed by atoms with Gasteiger partial charge in [-0.1, -0.05) is 36.4 Å². The van der Waals surface area contributed by atoms with Crippen molar-refractivity contribution in [3.63, 3.8) is 0 Å². The lowest BCUT2D eigenvalue weighted by Crippen LogP contribution is -2.01. The van der Waals surface area contributed by atoms with Crippen LogP contribution in [0.1, 0.15) is 10.4 Å². The predicted octanol–water partition coefficient (Wildman–Crippen LogP) is 5.16. The number of aromatic amines is 1. The molecule has 0 aliphatic heterocycles. The fraction of sp³-hybridized carbons (Fsp3) is 0.0417. The number of aromatic carboxylic acids is 1. The lowest BCUT2D eigenvalue weighted by molar-refractivity contribution is 0.0693. The first kappa shape index (κ1) is 19.1. The Bertz CT molecular complexity index is 1390. The van der Waals surface area contributed by atoms with E-state index in [0.717, 1.165) is 21.8 Å². The summed E-state index contributed by atoms with van der Waals surface area (Å²) in [6, 6.07) is 22.4. The van der Waals surface area contributed by atoms with Crippen LogP contribution in [0.3, 0.4) is 0 Å². The van der Waals surface area contributed by atoms with E-state index in [9.17, 15) is 9.90 Å². The number of phenolic OH excluding ortho intramolecular Hbond substituents is 1. The van der Waals surface area contributed by atoms with Crippen LogP contribution >= 0.6 is 0 Å². The summed E-state index contributed by atoms with van der Waals surface area (Å²) in [6.45, 7) is 0. The van der Waals surface area contributed by atoms with Crippen LogP contribution in [0, 0.1) is 0 Å². The zero-order valence-electron chi connectivity index (χ0n) is 16.2. The van der Waals surface area contributed by atoms with Crippen molar-refractivity contribution in [1.82, 2.24) is 4.98 Å². The molecule has 6 heteroatoms. The summed E-state index contributed by atoms with van der Waals surface area (Å²) >= 11 is 0. The Morgan fingerprint density at radius 2 is 1.70 bits per heavy atom. The first-order valence-corrected chi connectivity index (χ1v) is 9.27. The van der Waals surface area contributed by atoms with E-state index < -0.39 is 5.97 Å². The maximum Gasteiger partial charge on any atom is 0.339 e. The molecule has 4 aromatic carbocycles. The molecule has 150 valence electrons. The van der Waals surface area contributed by atoms with Crippen LogP contribution in [-0.4, -0.2) is 28.3 Å². The van der Waals surface area contributed by atoms with Gasteiger partial charge in [-0.3, -0.25) is 0 Å². The molecule has 0 saturated carbocycles. The Morgan fingerprint density at radius 1 is 0.933 bits per heavy atom. The van der Waals surface area contributed by atoms with E-state index >= 15 is 0 Å². The van der Waals surface area contributed by atoms with Gasteiger partial charge in [0.05, 0.1) is 12.6 Å². The number of aromatic nitrogens is 1. The standard InChI is InChI=1S/C16H11NO.C8H9NO3/c18-11-7-5-10-6-8-13-12-3-1-2-4-15(12)17-16(13)14(10)9-11;1-12-7-3-2-5(9)4-6(7)8(10)11/h1-9,17-18H;2-4H,9H2,1H3,(H,10,11). The van der Waals surface area contributed by atoms with Crippen molar-refractivity contribution in [3.05, 3.63) is 78.4 Å². The highest BCUT2D eigenvalue weighted by atomic mass is 16.5. The van der Waals surface area contributed by atoms with Crippen molar-refractivity contribution in [2.24, 2.45) is 0 Å². The number of carbonyl (C=O) groups is 1. The molecule has 0 amide bonds. The van der Waals surface area contributed by atoms with Gasteiger partial charge in [0.25, 0.3) is 0 Å². The minimum Gasteiger partial charge on any atom is -0.508 e. The Morgan fingerprint density at radius 3 is 2.47 bits per heavy atom. The van der Waals surface area contributed by atoms with Gasteiger partial charge in [0.2, 0.25) is 0 Å². The Kier molecular flexibility index (Phi) is 4.90. The van der Waals surface area contributed by atoms with E-state index in [-0.39, 0.29) is 5.56 Å². The molecule has 0 unspecified atom stereocenters. The minimum absolute atomic E-state index is 0.0810. The van der Waals surface area contributed by atoms with Crippen molar-refractivity contribution in [1.29, 1.82) is 0 Å². The highest BCUT2D eigenvalue weighted by Crippen LogP contribution is 2.32. The third-order valence-electron chi connectivity index (χ3n) is 4.94. The first-order chi connectivity index (χ1) is 14.5. The van der Waals surface area contributed by atoms with Gasteiger partial charge in [0.15, 0.2) is 0 Å². The molecule has 0 radical (unpaired) electrons. The van der Waals surface area contributed by atoms with E-state index in [4.69, 9.17) is 15.6 Å². The number of para-hydroxylation sites is 1. The topological polar surface area (TPSA) is 109 Å². The van der Waals surface area contributed by atoms with Crippen molar-refractivity contribution >= 4 is 44.2 Å². The number of fused-ring (bicyclic) bond motifs is 5. The van der Waals surface area contributed by atoms with Gasteiger partial charge in [-0.15, -0.1) is 0 Å². The van der Waals surface area contributed by atoms with Gasteiger partial charge in [-0.25, -0.2) is 4.79 Å². The second-order valence-electron chi connectivity index (χ2n) is 6.83. The van der Waals surface area contributed by atoms with E-state index in [1.165, 1.54) is 30.0 Å². The fourth-order valence-electron chi connectivity index (χ4n) is 3.52. The smallest absolute Gasteiger partial charge is 0.339 e. The van der Waals surface area contributed by atoms with Gasteiger partial charge in [-0.05, 0) is 41.8 Å². The van der Waals surface area contributed by atoms with E-state index in [1.54, 1.807) is 12.1 Å². The summed E-state index contributed by atoms with van der Waals surface area (Å²) in [5.74, 6) is -0.426. The summed E-state index contributed by atoms with van der Waals surface area (Å²) in [4.78, 5) is 14.0. The van der Waals surface area contributed by atoms with E-state index in [2.05, 4.69) is 29.2 Å². The SMILES string of the molecule is COc1ccc(N)cc1C(=O)O.Oc1ccc2ccc3c4ccccc4[nH]c3c2c1. The van der Waals surface area contributed by atoms with Gasteiger partial charge in [0.1, 0.15) is 17.1 Å². The van der Waals surface area contributed by atoms with Crippen LogP contribution in [0.5, 0.6) is 11.5 Å². The number of hydrogen-bond donors (Lipinski definition) is 4. The van der Waals surface area contributed by atoms with Crippen LogP contribution in [-0.2, 0) is 0 Å². The number of anilines is 1. The van der Waals surface area contributed by atoms with Gasteiger partial charge >= 0.3 is 5.97 Å². The zero-order chi connectivity index (χ0) is 21.3. The summed E-state index contributed by atoms with van der Waals surface area (Å²) < 4.78 is 4.83. The number of methoxy groups -OCH3 is 1. The average molecular weight is 400 g/mol. The lowest BCUT2D eigenvalue weighted by atomic mass is 10.1. The Balaban J connectivity index is 0.000000159. The number of benzene rings is 4. The highest BCUT2D eigenvalue weighted by molar-refractivity contribution is 6.17. The molecule has 0 aliphatic carbocycles. The largest absolute Gasteiger partial charge is 0.508 e. The molecule has 5 aromatic rings. The lowest BCUT2D eigenvalue weighted by Gasteiger charge is -2.04. The predicted molar refractivity (Wildman–Crippen MR) is 119 cm³/mol. The molecule has 1 heterocycles. The molecule has 0 spiro atoms. The van der Waals surface area contributed by atoms with Crippen LogP contribution in [0.2, 0.25) is 0 Å². The number of phenols is 1. The summed E-state index contributed by atoms with van der Waals surface area (Å²) in [5.41, 5.74) is 8.11. The summed E-state index contributed by atoms with van der Waals surface area (Å²) in [6.07, 6.45) is 0. The van der Waals surface area contributed by atoms with Crippen LogP contribution in [0.25, 0.3) is 32.6 Å². The van der Waals surface area contributed by atoms with Crippen LogP contribution in [0.4, 0.5) is 5.69 Å². The zero-order valence-corrected chi connectivity index (χ0v) is 16.2. The molecule has 5 rings (SSSR count). The van der Waals surface area contributed by atoms with Crippen molar-refractivity contribution in [3.8, 4) is 11.5 Å². The van der Waals surface area contributed by atoms with Gasteiger partial charge < -0.3 is 25.7 Å². The molecule has 0 atom stereocenters. The molecule has 0 fully saturated rings. The van der Waals surface area contributed by atoms with Crippen molar-refractivity contribution in [2.75, 3.05) is 12.8 Å². The molecule has 0 aliphatic rings. The fourth-order valence-corrected chi connectivity index (χ4v) is 3.52. The minimum atomic E-state index is -1.04. The number of carboxylic acids is 1. The number of H-pyrrole nitrogens is 1. The number of ether oxygens (including phenoxy) is 1. The average Bonchev–Trinajstić information content (AvgIpc) is 3.13. The van der Waals surface area contributed by atoms with Crippen LogP contribution in [0.15, 0.2) is 72.8 Å². The van der Waals surface area contributed by atoms with Crippen molar-refractivity contribution < 1.29 is 19.7 Å². The number of aromatic hydroxyl groups is 1.